The predicted molar refractivity (Wildman–Crippen MR) is 113 cm³/mol. The van der Waals surface area contributed by atoms with E-state index in [0.29, 0.717) is 35.8 Å². The normalized spacial score (nSPS) is 23.8. The largest absolute Gasteiger partial charge is 0.378 e. The summed E-state index contributed by atoms with van der Waals surface area (Å²) in [5.74, 6) is -0.436. The Morgan fingerprint density at radius 3 is 2.72 bits per heavy atom. The third-order valence-corrected chi connectivity index (χ3v) is 6.29. The molecule has 1 fully saturated rings. The number of hydrogen-bond donors (Lipinski definition) is 2. The highest BCUT2D eigenvalue weighted by Crippen LogP contribution is 2.46. The zero-order valence-electron chi connectivity index (χ0n) is 16.2. The summed E-state index contributed by atoms with van der Waals surface area (Å²) in [6, 6.07) is 10.9. The molecule has 0 spiro atoms. The Balaban J connectivity index is 1.74. The number of morpholine rings is 1. The molecule has 1 radical (unpaired) electrons. The lowest BCUT2D eigenvalue weighted by Gasteiger charge is -2.40. The summed E-state index contributed by atoms with van der Waals surface area (Å²) in [4.78, 5) is 25.8. The second-order valence-corrected chi connectivity index (χ2v) is 8.17. The maximum atomic E-state index is 12.5. The van der Waals surface area contributed by atoms with Crippen LogP contribution < -0.4 is 16.0 Å². The molecule has 2 atom stereocenters. The van der Waals surface area contributed by atoms with Crippen molar-refractivity contribution < 1.29 is 14.3 Å². The lowest BCUT2D eigenvalue weighted by atomic mass is 9.71. The van der Waals surface area contributed by atoms with Gasteiger partial charge in [-0.15, -0.1) is 0 Å². The number of nitrogens with two attached hydrogens (primary N) is 1. The van der Waals surface area contributed by atoms with Crippen molar-refractivity contribution in [3.8, 4) is 0 Å². The highest BCUT2D eigenvalue weighted by atomic mass is 35.5. The van der Waals surface area contributed by atoms with Crippen LogP contribution in [-0.2, 0) is 19.7 Å². The number of benzene rings is 2. The molecule has 0 bridgehead atoms. The van der Waals surface area contributed by atoms with Crippen LogP contribution in [-0.4, -0.2) is 38.5 Å². The number of amides is 1. The SMILES string of the molecule is CC1(C(N)=O)CC(c2cc(N3CCOCC3)ccc2Cl)Nc2ccc([C]=O)cc21. The molecular weight excluding hydrogens is 390 g/mol. The van der Waals surface area contributed by atoms with Crippen molar-refractivity contribution >= 4 is 35.2 Å². The fourth-order valence-corrected chi connectivity index (χ4v) is 4.43. The molecule has 2 aromatic rings. The molecule has 2 aromatic carbocycles. The van der Waals surface area contributed by atoms with Gasteiger partial charge in [-0.05, 0) is 60.9 Å². The Morgan fingerprint density at radius 2 is 2.03 bits per heavy atom. The maximum absolute atomic E-state index is 12.5. The minimum absolute atomic E-state index is 0.195. The summed E-state index contributed by atoms with van der Waals surface area (Å²) in [5.41, 5.74) is 8.75. The number of primary amides is 1. The van der Waals surface area contributed by atoms with Crippen LogP contribution in [0.2, 0.25) is 5.02 Å². The molecule has 29 heavy (non-hydrogen) atoms. The number of anilines is 2. The van der Waals surface area contributed by atoms with Gasteiger partial charge < -0.3 is 20.7 Å². The van der Waals surface area contributed by atoms with Gasteiger partial charge in [0, 0.05) is 35.1 Å². The van der Waals surface area contributed by atoms with Gasteiger partial charge in [0.25, 0.3) is 0 Å². The molecule has 6 nitrogen and oxygen atoms in total. The Hall–Kier alpha value is -2.57. The van der Waals surface area contributed by atoms with Gasteiger partial charge in [-0.25, -0.2) is 0 Å². The van der Waals surface area contributed by atoms with Crippen LogP contribution in [0, 0.1) is 0 Å². The number of carbonyl (C=O) groups excluding carboxylic acids is 2. The molecule has 2 aliphatic rings. The standard InChI is InChI=1S/C22H23ClN3O3/c1-22(21(24)28)12-20(25-19-5-2-14(13-27)10-17(19)22)16-11-15(3-4-18(16)23)26-6-8-29-9-7-26/h2-5,10-11,20,25H,6-9,12H2,1H3,(H2,24,28). The second kappa shape index (κ2) is 7.69. The summed E-state index contributed by atoms with van der Waals surface area (Å²) in [6.45, 7) is 4.86. The smallest absolute Gasteiger partial charge is 0.233 e. The first kappa shape index (κ1) is 19.7. The van der Waals surface area contributed by atoms with Gasteiger partial charge in [0.1, 0.15) is 0 Å². The van der Waals surface area contributed by atoms with Gasteiger partial charge in [0.05, 0.1) is 24.7 Å². The first-order chi connectivity index (χ1) is 13.9. The summed E-state index contributed by atoms with van der Waals surface area (Å²) in [5, 5.41) is 4.11. The molecule has 4 rings (SSSR count). The summed E-state index contributed by atoms with van der Waals surface area (Å²) < 4.78 is 5.44. The fraction of sp³-hybridized carbons (Fsp3) is 0.364. The number of nitrogens with one attached hydrogen (secondary N) is 1. The Labute approximate surface area is 175 Å². The van der Waals surface area contributed by atoms with E-state index < -0.39 is 11.3 Å². The lowest BCUT2D eigenvalue weighted by molar-refractivity contribution is -0.123. The van der Waals surface area contributed by atoms with E-state index in [-0.39, 0.29) is 6.04 Å². The molecule has 0 saturated carbocycles. The van der Waals surface area contributed by atoms with Crippen molar-refractivity contribution in [1.29, 1.82) is 0 Å². The minimum atomic E-state index is -0.934. The van der Waals surface area contributed by atoms with Gasteiger partial charge in [-0.1, -0.05) is 11.6 Å². The first-order valence-corrected chi connectivity index (χ1v) is 10.0. The summed E-state index contributed by atoms with van der Waals surface area (Å²) >= 11 is 6.57. The average molecular weight is 413 g/mol. The van der Waals surface area contributed by atoms with Crippen LogP contribution in [0.5, 0.6) is 0 Å². The highest BCUT2D eigenvalue weighted by molar-refractivity contribution is 6.31. The molecule has 2 unspecified atom stereocenters. The van der Waals surface area contributed by atoms with Crippen LogP contribution in [0.25, 0.3) is 0 Å². The van der Waals surface area contributed by atoms with Crippen LogP contribution in [0.4, 0.5) is 11.4 Å². The van der Waals surface area contributed by atoms with Gasteiger partial charge in [0.2, 0.25) is 12.2 Å². The predicted octanol–water partition coefficient (Wildman–Crippen LogP) is 2.93. The summed E-state index contributed by atoms with van der Waals surface area (Å²) in [6.07, 6.45) is 2.32. The van der Waals surface area contributed by atoms with E-state index in [1.54, 1.807) is 18.2 Å². The number of nitrogens with zero attached hydrogens (tertiary/aromatic N) is 1. The summed E-state index contributed by atoms with van der Waals surface area (Å²) in [7, 11) is 0. The van der Waals surface area contributed by atoms with Crippen LogP contribution >= 0.6 is 11.6 Å². The monoisotopic (exact) mass is 412 g/mol. The van der Waals surface area contributed by atoms with E-state index in [4.69, 9.17) is 22.1 Å². The van der Waals surface area contributed by atoms with Crippen molar-refractivity contribution in [1.82, 2.24) is 0 Å². The highest BCUT2D eigenvalue weighted by Gasteiger charge is 2.42. The molecule has 7 heteroatoms. The number of rotatable bonds is 4. The van der Waals surface area contributed by atoms with Crippen LogP contribution in [0.15, 0.2) is 36.4 Å². The fourth-order valence-electron chi connectivity index (χ4n) is 4.18. The zero-order valence-corrected chi connectivity index (χ0v) is 17.0. The van der Waals surface area contributed by atoms with Crippen molar-refractivity contribution in [2.24, 2.45) is 5.73 Å². The van der Waals surface area contributed by atoms with Crippen LogP contribution in [0.1, 0.15) is 36.1 Å². The molecule has 1 saturated heterocycles. The zero-order chi connectivity index (χ0) is 20.6. The molecule has 0 aliphatic carbocycles. The van der Waals surface area contributed by atoms with Crippen LogP contribution in [0.3, 0.4) is 0 Å². The number of ether oxygens (including phenoxy) is 1. The van der Waals surface area contributed by atoms with Crippen molar-refractivity contribution in [3.05, 3.63) is 58.1 Å². The topological polar surface area (TPSA) is 84.7 Å². The van der Waals surface area contributed by atoms with Gasteiger partial charge in [0.15, 0.2) is 0 Å². The number of halogens is 1. The van der Waals surface area contributed by atoms with Crippen molar-refractivity contribution in [3.63, 3.8) is 0 Å². The van der Waals surface area contributed by atoms with E-state index >= 15 is 0 Å². The van der Waals surface area contributed by atoms with Crippen molar-refractivity contribution in [2.45, 2.75) is 24.8 Å². The molecular formula is C22H23ClN3O3. The Morgan fingerprint density at radius 1 is 1.28 bits per heavy atom. The minimum Gasteiger partial charge on any atom is -0.378 e. The lowest BCUT2D eigenvalue weighted by Crippen LogP contribution is -2.44. The maximum Gasteiger partial charge on any atom is 0.233 e. The molecule has 151 valence electrons. The van der Waals surface area contributed by atoms with E-state index in [2.05, 4.69) is 16.3 Å². The first-order valence-electron chi connectivity index (χ1n) is 9.63. The van der Waals surface area contributed by atoms with Crippen molar-refractivity contribution in [2.75, 3.05) is 36.5 Å². The molecule has 0 aromatic heterocycles. The molecule has 2 aliphatic heterocycles. The van der Waals surface area contributed by atoms with E-state index in [1.807, 2.05) is 25.3 Å². The van der Waals surface area contributed by atoms with Gasteiger partial charge >= 0.3 is 0 Å². The molecule has 1 amide bonds. The Kier molecular flexibility index (Phi) is 5.23. The van der Waals surface area contributed by atoms with E-state index in [1.165, 1.54) is 0 Å². The second-order valence-electron chi connectivity index (χ2n) is 7.77. The molecule has 2 heterocycles. The van der Waals surface area contributed by atoms with E-state index in [0.717, 1.165) is 30.0 Å². The average Bonchev–Trinajstić information content (AvgIpc) is 2.74. The molecule has 3 N–H and O–H groups in total. The third kappa shape index (κ3) is 3.58. The quantitative estimate of drug-likeness (QED) is 0.806. The third-order valence-electron chi connectivity index (χ3n) is 5.95. The van der Waals surface area contributed by atoms with Gasteiger partial charge in [-0.3, -0.25) is 9.59 Å². The van der Waals surface area contributed by atoms with E-state index in [9.17, 15) is 9.59 Å². The number of fused-ring (bicyclic) bond motifs is 1. The number of hydrogen-bond acceptors (Lipinski definition) is 5. The number of carbonyl (C=O) groups is 1. The Bertz CT molecular complexity index is 958. The van der Waals surface area contributed by atoms with Gasteiger partial charge in [-0.2, -0.15) is 0 Å².